The maximum atomic E-state index is 12.1. The Morgan fingerprint density at radius 2 is 1.90 bits per heavy atom. The number of aromatic amines is 1. The van der Waals surface area contributed by atoms with E-state index < -0.39 is 5.91 Å². The van der Waals surface area contributed by atoms with Crippen molar-refractivity contribution in [3.8, 4) is 5.75 Å². The average molecular weight is 406 g/mol. The Hall–Kier alpha value is -3.94. The van der Waals surface area contributed by atoms with Gasteiger partial charge in [0.2, 0.25) is 0 Å². The molecule has 0 bridgehead atoms. The number of hydrogen-bond acceptors (Lipinski definition) is 5. The molecule has 1 heterocycles. The van der Waals surface area contributed by atoms with E-state index >= 15 is 0 Å². The van der Waals surface area contributed by atoms with Gasteiger partial charge in [-0.25, -0.2) is 5.43 Å². The molecule has 0 atom stereocenters. The Morgan fingerprint density at radius 1 is 1.13 bits per heavy atom. The molecule has 0 fully saturated rings. The van der Waals surface area contributed by atoms with E-state index in [-0.39, 0.29) is 18.0 Å². The highest BCUT2D eigenvalue weighted by molar-refractivity contribution is 5.96. The van der Waals surface area contributed by atoms with Crippen molar-refractivity contribution in [1.29, 1.82) is 0 Å². The number of hydrogen-bond donors (Lipinski definition) is 3. The molecule has 3 aromatic rings. The molecular weight excluding hydrogens is 384 g/mol. The molecule has 0 radical (unpaired) electrons. The van der Waals surface area contributed by atoms with Crippen LogP contribution in [0.15, 0.2) is 64.5 Å². The van der Waals surface area contributed by atoms with Crippen LogP contribution >= 0.6 is 0 Å². The topological polar surface area (TPSA) is 113 Å². The first-order chi connectivity index (χ1) is 14.6. The van der Waals surface area contributed by atoms with Crippen LogP contribution in [0.3, 0.4) is 0 Å². The molecule has 0 unspecified atom stereocenters. The minimum Gasteiger partial charge on any atom is -0.494 e. The normalized spacial score (nSPS) is 10.8. The van der Waals surface area contributed by atoms with Gasteiger partial charge in [-0.15, -0.1) is 0 Å². The molecule has 154 valence electrons. The van der Waals surface area contributed by atoms with Gasteiger partial charge >= 0.3 is 0 Å². The molecule has 0 aliphatic heterocycles. The van der Waals surface area contributed by atoms with Gasteiger partial charge in [0, 0.05) is 11.1 Å². The van der Waals surface area contributed by atoms with Gasteiger partial charge < -0.3 is 15.0 Å². The van der Waals surface area contributed by atoms with Crippen molar-refractivity contribution in [2.45, 2.75) is 13.3 Å². The number of pyridine rings is 1. The van der Waals surface area contributed by atoms with E-state index in [2.05, 4.69) is 20.8 Å². The number of aromatic nitrogens is 1. The number of benzene rings is 2. The molecular formula is C22H22N4O4. The number of hydrazone groups is 1. The van der Waals surface area contributed by atoms with Crippen molar-refractivity contribution in [1.82, 2.24) is 15.7 Å². The second kappa shape index (κ2) is 10.0. The largest absolute Gasteiger partial charge is 0.494 e. The summed E-state index contributed by atoms with van der Waals surface area (Å²) < 4.78 is 5.46. The minimum absolute atomic E-state index is 0.252. The van der Waals surface area contributed by atoms with Gasteiger partial charge in [-0.2, -0.15) is 5.10 Å². The predicted octanol–water partition coefficient (Wildman–Crippen LogP) is 2.20. The number of ether oxygens (including phenoxy) is 1. The van der Waals surface area contributed by atoms with E-state index in [0.717, 1.165) is 17.3 Å². The lowest BCUT2D eigenvalue weighted by Crippen LogP contribution is -2.35. The van der Waals surface area contributed by atoms with Crippen molar-refractivity contribution in [3.05, 3.63) is 76.1 Å². The summed E-state index contributed by atoms with van der Waals surface area (Å²) in [5.41, 5.74) is 3.42. The summed E-state index contributed by atoms with van der Waals surface area (Å²) >= 11 is 0. The van der Waals surface area contributed by atoms with Crippen molar-refractivity contribution in [2.24, 2.45) is 5.10 Å². The fraction of sp³-hybridized carbons (Fsp3) is 0.182. The zero-order valence-corrected chi connectivity index (χ0v) is 16.5. The first kappa shape index (κ1) is 20.8. The lowest BCUT2D eigenvalue weighted by Gasteiger charge is -2.07. The van der Waals surface area contributed by atoms with Crippen molar-refractivity contribution < 1.29 is 14.3 Å². The first-order valence-corrected chi connectivity index (χ1v) is 9.52. The second-order valence-electron chi connectivity index (χ2n) is 6.49. The summed E-state index contributed by atoms with van der Waals surface area (Å²) in [6, 6.07) is 15.7. The highest BCUT2D eigenvalue weighted by Gasteiger charge is 2.08. The Labute approximate surface area is 173 Å². The number of para-hydroxylation sites is 1. The second-order valence-corrected chi connectivity index (χ2v) is 6.49. The summed E-state index contributed by atoms with van der Waals surface area (Å²) in [4.78, 5) is 38.8. The van der Waals surface area contributed by atoms with Gasteiger partial charge in [-0.3, -0.25) is 14.4 Å². The fourth-order valence-corrected chi connectivity index (χ4v) is 2.66. The lowest BCUT2D eigenvalue weighted by molar-refractivity contribution is -0.120. The van der Waals surface area contributed by atoms with E-state index in [1.165, 1.54) is 6.21 Å². The highest BCUT2D eigenvalue weighted by atomic mass is 16.5. The van der Waals surface area contributed by atoms with Gasteiger partial charge in [0.25, 0.3) is 17.4 Å². The van der Waals surface area contributed by atoms with Crippen LogP contribution in [0.1, 0.15) is 29.3 Å². The van der Waals surface area contributed by atoms with Gasteiger partial charge in [0.1, 0.15) is 5.75 Å². The van der Waals surface area contributed by atoms with Crippen LogP contribution in [0.2, 0.25) is 0 Å². The molecule has 3 rings (SSSR count). The number of carbonyl (C=O) groups excluding carboxylic acids is 2. The molecule has 8 heteroatoms. The SMILES string of the molecule is CCCOc1ccc(C(=O)NCC(=O)N/N=C\c2cc3ccccc3[nH]c2=O)cc1. The number of nitrogens with one attached hydrogen (secondary N) is 3. The summed E-state index contributed by atoms with van der Waals surface area (Å²) in [6.45, 7) is 2.37. The predicted molar refractivity (Wildman–Crippen MR) is 115 cm³/mol. The van der Waals surface area contributed by atoms with Crippen LogP contribution in [0.4, 0.5) is 0 Å². The van der Waals surface area contributed by atoms with E-state index in [0.29, 0.717) is 23.5 Å². The highest BCUT2D eigenvalue weighted by Crippen LogP contribution is 2.12. The number of rotatable bonds is 8. The molecule has 2 amide bonds. The zero-order valence-electron chi connectivity index (χ0n) is 16.5. The molecule has 8 nitrogen and oxygen atoms in total. The molecule has 0 saturated heterocycles. The lowest BCUT2D eigenvalue weighted by atomic mass is 10.2. The van der Waals surface area contributed by atoms with Crippen LogP contribution in [0.5, 0.6) is 5.75 Å². The molecule has 2 aromatic carbocycles. The van der Waals surface area contributed by atoms with E-state index in [4.69, 9.17) is 4.74 Å². The molecule has 1 aromatic heterocycles. The van der Waals surface area contributed by atoms with Crippen molar-refractivity contribution in [3.63, 3.8) is 0 Å². The number of nitrogens with zero attached hydrogens (tertiary/aromatic N) is 1. The number of fused-ring (bicyclic) bond motifs is 1. The summed E-state index contributed by atoms with van der Waals surface area (Å²) in [6.07, 6.45) is 2.16. The number of H-pyrrole nitrogens is 1. The molecule has 0 aliphatic rings. The minimum atomic E-state index is -0.514. The smallest absolute Gasteiger partial charge is 0.259 e. The Bertz CT molecular complexity index is 1120. The molecule has 3 N–H and O–H groups in total. The third-order valence-electron chi connectivity index (χ3n) is 4.17. The van der Waals surface area contributed by atoms with Crippen LogP contribution in [-0.4, -0.2) is 36.2 Å². The van der Waals surface area contributed by atoms with Gasteiger partial charge in [0.05, 0.1) is 24.9 Å². The number of amides is 2. The van der Waals surface area contributed by atoms with Crippen molar-refractivity contribution in [2.75, 3.05) is 13.2 Å². The fourth-order valence-electron chi connectivity index (χ4n) is 2.66. The zero-order chi connectivity index (χ0) is 21.3. The van der Waals surface area contributed by atoms with Crippen LogP contribution in [0, 0.1) is 0 Å². The van der Waals surface area contributed by atoms with Gasteiger partial charge in [0.15, 0.2) is 0 Å². The van der Waals surface area contributed by atoms with Crippen LogP contribution in [-0.2, 0) is 4.79 Å². The molecule has 0 spiro atoms. The quantitative estimate of drug-likeness (QED) is 0.393. The van der Waals surface area contributed by atoms with Crippen molar-refractivity contribution >= 4 is 28.9 Å². The summed E-state index contributed by atoms with van der Waals surface area (Å²) in [7, 11) is 0. The van der Waals surface area contributed by atoms with E-state index in [9.17, 15) is 14.4 Å². The Morgan fingerprint density at radius 3 is 2.67 bits per heavy atom. The van der Waals surface area contributed by atoms with Crippen LogP contribution in [0.25, 0.3) is 10.9 Å². The standard InChI is InChI=1S/C22H22N4O4/c1-2-11-30-18-9-7-15(8-10-18)21(28)23-14-20(27)26-24-13-17-12-16-5-3-4-6-19(16)25-22(17)29/h3-10,12-13H,2,11,14H2,1H3,(H,23,28)(H,25,29)(H,26,27)/b24-13-. The average Bonchev–Trinajstić information content (AvgIpc) is 2.76. The van der Waals surface area contributed by atoms with Crippen LogP contribution < -0.4 is 21.0 Å². The van der Waals surface area contributed by atoms with E-state index in [1.54, 1.807) is 36.4 Å². The number of carbonyl (C=O) groups is 2. The Balaban J connectivity index is 1.50. The Kier molecular flexibility index (Phi) is 6.94. The summed E-state index contributed by atoms with van der Waals surface area (Å²) in [5.74, 6) is -0.217. The van der Waals surface area contributed by atoms with E-state index in [1.807, 2.05) is 25.1 Å². The summed E-state index contributed by atoms with van der Waals surface area (Å²) in [5, 5.41) is 7.15. The maximum Gasteiger partial charge on any atom is 0.259 e. The maximum absolute atomic E-state index is 12.1. The monoisotopic (exact) mass is 406 g/mol. The molecule has 0 saturated carbocycles. The van der Waals surface area contributed by atoms with Gasteiger partial charge in [-0.05, 0) is 48.2 Å². The first-order valence-electron chi connectivity index (χ1n) is 9.52. The van der Waals surface area contributed by atoms with Gasteiger partial charge in [-0.1, -0.05) is 25.1 Å². The third kappa shape index (κ3) is 5.54. The third-order valence-corrected chi connectivity index (χ3v) is 4.17. The molecule has 30 heavy (non-hydrogen) atoms. The molecule has 0 aliphatic carbocycles.